The number of rotatable bonds is 5. The van der Waals surface area contributed by atoms with Gasteiger partial charge in [0.2, 0.25) is 0 Å². The molecular weight excluding hydrogens is 346 g/mol. The maximum Gasteiger partial charge on any atom is 0.316 e. The molecular formula is C19H18N5O3+. The Kier molecular flexibility index (Phi) is 4.08. The normalized spacial score (nSPS) is 12.3. The van der Waals surface area contributed by atoms with Crippen molar-refractivity contribution >= 4 is 33.4 Å². The van der Waals surface area contributed by atoms with Crippen LogP contribution in [0, 0.1) is 4.91 Å². The zero-order chi connectivity index (χ0) is 19.0. The van der Waals surface area contributed by atoms with Crippen LogP contribution in [0.4, 0.5) is 11.5 Å². The van der Waals surface area contributed by atoms with Gasteiger partial charge in [0.25, 0.3) is 4.92 Å². The average Bonchev–Trinajstić information content (AvgIpc) is 3.07. The van der Waals surface area contributed by atoms with E-state index in [4.69, 9.17) is 15.7 Å². The summed E-state index contributed by atoms with van der Waals surface area (Å²) in [6.45, 7) is 2.50. The molecule has 2 aromatic carbocycles. The molecule has 3 N–H and O–H groups in total. The monoisotopic (exact) mass is 364 g/mol. The molecule has 8 heteroatoms. The minimum absolute atomic E-state index is 0.144. The quantitative estimate of drug-likeness (QED) is 0.526. The van der Waals surface area contributed by atoms with Gasteiger partial charge in [0, 0.05) is 17.5 Å². The lowest BCUT2D eigenvalue weighted by Crippen LogP contribution is -2.19. The third kappa shape index (κ3) is 3.12. The Labute approximate surface area is 154 Å². The highest BCUT2D eigenvalue weighted by molar-refractivity contribution is 6.06. The summed E-state index contributed by atoms with van der Waals surface area (Å²) in [5.74, 6) is 1.00. The van der Waals surface area contributed by atoms with Crippen LogP contribution in [0.5, 0.6) is 5.75 Å². The number of imidazole rings is 1. The second kappa shape index (κ2) is 6.56. The van der Waals surface area contributed by atoms with Crippen LogP contribution in [0.3, 0.4) is 0 Å². The van der Waals surface area contributed by atoms with Gasteiger partial charge in [-0.05, 0) is 25.1 Å². The Morgan fingerprint density at radius 2 is 1.96 bits per heavy atom. The van der Waals surface area contributed by atoms with Crippen molar-refractivity contribution < 1.29 is 14.9 Å². The number of benzene rings is 2. The summed E-state index contributed by atoms with van der Waals surface area (Å²) < 4.78 is 7.92. The van der Waals surface area contributed by atoms with E-state index in [9.17, 15) is 4.91 Å². The van der Waals surface area contributed by atoms with Crippen molar-refractivity contribution in [2.24, 2.45) is 0 Å². The Bertz CT molecular complexity index is 1140. The number of hydrogen-bond acceptors (Lipinski definition) is 5. The highest BCUT2D eigenvalue weighted by atomic mass is 16.6. The fraction of sp³-hybridized carbons (Fsp3) is 0.158. The van der Waals surface area contributed by atoms with Crippen molar-refractivity contribution in [3.8, 4) is 5.75 Å². The summed E-state index contributed by atoms with van der Waals surface area (Å²) in [5.41, 5.74) is 8.62. The number of nitrogens with zero attached hydrogens (tertiary/aromatic N) is 4. The first-order valence-corrected chi connectivity index (χ1v) is 8.45. The zero-order valence-corrected chi connectivity index (χ0v) is 14.6. The van der Waals surface area contributed by atoms with Gasteiger partial charge in [0.05, 0.1) is 28.8 Å². The van der Waals surface area contributed by atoms with Gasteiger partial charge in [-0.15, -0.1) is 0 Å². The molecule has 4 aromatic rings. The van der Waals surface area contributed by atoms with Crippen LogP contribution in [0.25, 0.3) is 21.9 Å². The third-order valence-corrected chi connectivity index (χ3v) is 4.33. The molecule has 0 aliphatic rings. The molecule has 0 aliphatic heterocycles. The van der Waals surface area contributed by atoms with E-state index in [1.807, 2.05) is 35.8 Å². The molecule has 0 radical (unpaired) electrons. The molecule has 2 heterocycles. The SMILES string of the molecule is CC(Cn1cnc2c(N)nc3ccccc3c21)Oc1ccc([N+](=O)O)cc1. The number of hydrogen-bond donors (Lipinski definition) is 2. The van der Waals surface area contributed by atoms with Crippen LogP contribution >= 0.6 is 0 Å². The lowest BCUT2D eigenvalue weighted by atomic mass is 10.2. The van der Waals surface area contributed by atoms with Crippen LogP contribution in [0.2, 0.25) is 0 Å². The second-order valence-corrected chi connectivity index (χ2v) is 6.30. The van der Waals surface area contributed by atoms with E-state index in [2.05, 4.69) is 9.97 Å². The first-order chi connectivity index (χ1) is 13.0. The second-order valence-electron chi connectivity index (χ2n) is 6.30. The Hall–Kier alpha value is -3.68. The number of nitrogen functional groups attached to an aromatic ring is 1. The van der Waals surface area contributed by atoms with Crippen LogP contribution < -0.4 is 10.5 Å². The summed E-state index contributed by atoms with van der Waals surface area (Å²) in [7, 11) is 0. The summed E-state index contributed by atoms with van der Waals surface area (Å²) >= 11 is 0. The van der Waals surface area contributed by atoms with Gasteiger partial charge in [0.1, 0.15) is 17.4 Å². The number of pyridine rings is 1. The predicted molar refractivity (Wildman–Crippen MR) is 101 cm³/mol. The van der Waals surface area contributed by atoms with Gasteiger partial charge >= 0.3 is 5.69 Å². The molecule has 0 aliphatic carbocycles. The van der Waals surface area contributed by atoms with Crippen molar-refractivity contribution in [1.82, 2.24) is 14.5 Å². The maximum atomic E-state index is 10.9. The highest BCUT2D eigenvalue weighted by Crippen LogP contribution is 2.27. The first kappa shape index (κ1) is 16.8. The van der Waals surface area contributed by atoms with E-state index in [1.165, 1.54) is 12.1 Å². The zero-order valence-electron chi connectivity index (χ0n) is 14.6. The van der Waals surface area contributed by atoms with E-state index < -0.39 is 0 Å². The molecule has 27 heavy (non-hydrogen) atoms. The number of anilines is 1. The molecule has 0 amide bonds. The number of nitrogens with two attached hydrogens (primary N) is 1. The standard InChI is InChI=1S/C19H18N5O3/c1-12(27-14-8-6-13(7-9-14)24(25)26)10-23-11-21-17-18(23)15-4-2-3-5-16(15)22-19(17)20/h2-9,11-12H,10H2,1H3,(H2,20,22)(H,25,26)/q+1. The minimum atomic E-state index is -0.186. The largest absolute Gasteiger partial charge is 0.489 e. The molecule has 2 aromatic heterocycles. The minimum Gasteiger partial charge on any atom is -0.489 e. The Balaban J connectivity index is 1.62. The van der Waals surface area contributed by atoms with Crippen molar-refractivity contribution in [3.63, 3.8) is 0 Å². The highest BCUT2D eigenvalue weighted by Gasteiger charge is 2.15. The van der Waals surface area contributed by atoms with Gasteiger partial charge in [0.15, 0.2) is 5.82 Å². The average molecular weight is 364 g/mol. The molecule has 1 unspecified atom stereocenters. The van der Waals surface area contributed by atoms with Crippen molar-refractivity contribution in [2.75, 3.05) is 5.73 Å². The lowest BCUT2D eigenvalue weighted by Gasteiger charge is -2.16. The molecule has 0 fully saturated rings. The van der Waals surface area contributed by atoms with Crippen molar-refractivity contribution in [1.29, 1.82) is 0 Å². The van der Waals surface area contributed by atoms with Crippen molar-refractivity contribution in [3.05, 3.63) is 59.8 Å². The topological polar surface area (TPSA) is 106 Å². The van der Waals surface area contributed by atoms with E-state index in [0.29, 0.717) is 23.6 Å². The van der Waals surface area contributed by atoms with Gasteiger partial charge < -0.3 is 15.0 Å². The predicted octanol–water partition coefficient (Wildman–Crippen LogP) is 3.43. The summed E-state index contributed by atoms with van der Waals surface area (Å²) in [5, 5.41) is 9.87. The summed E-state index contributed by atoms with van der Waals surface area (Å²) in [4.78, 5) is 19.5. The van der Waals surface area contributed by atoms with Crippen LogP contribution in [-0.4, -0.2) is 30.8 Å². The Morgan fingerprint density at radius 3 is 2.70 bits per heavy atom. The van der Waals surface area contributed by atoms with Crippen LogP contribution in [0.15, 0.2) is 54.9 Å². The van der Waals surface area contributed by atoms with Gasteiger partial charge in [-0.1, -0.05) is 18.2 Å². The summed E-state index contributed by atoms with van der Waals surface area (Å²) in [6.07, 6.45) is 1.57. The van der Waals surface area contributed by atoms with E-state index in [1.54, 1.807) is 18.5 Å². The molecule has 1 atom stereocenters. The van der Waals surface area contributed by atoms with E-state index >= 15 is 0 Å². The molecule has 4 rings (SSSR count). The number of para-hydroxylation sites is 1. The number of ether oxygens (including phenoxy) is 1. The molecule has 8 nitrogen and oxygen atoms in total. The van der Waals surface area contributed by atoms with Crippen LogP contribution in [0.1, 0.15) is 6.92 Å². The van der Waals surface area contributed by atoms with Crippen LogP contribution in [-0.2, 0) is 6.54 Å². The first-order valence-electron chi connectivity index (χ1n) is 8.45. The van der Waals surface area contributed by atoms with Gasteiger partial charge in [-0.3, -0.25) is 0 Å². The fourth-order valence-corrected chi connectivity index (χ4v) is 3.14. The smallest absolute Gasteiger partial charge is 0.316 e. The van der Waals surface area contributed by atoms with Gasteiger partial charge in [-0.2, -0.15) is 0 Å². The molecule has 136 valence electrons. The number of fused-ring (bicyclic) bond motifs is 3. The molecule has 0 spiro atoms. The van der Waals surface area contributed by atoms with Crippen molar-refractivity contribution in [2.45, 2.75) is 19.6 Å². The lowest BCUT2D eigenvalue weighted by molar-refractivity contribution is -0.729. The van der Waals surface area contributed by atoms with E-state index in [0.717, 1.165) is 16.4 Å². The molecule has 0 saturated heterocycles. The third-order valence-electron chi connectivity index (χ3n) is 4.33. The van der Waals surface area contributed by atoms with E-state index in [-0.39, 0.29) is 16.7 Å². The maximum absolute atomic E-state index is 10.9. The van der Waals surface area contributed by atoms with Gasteiger partial charge in [-0.25, -0.2) is 15.2 Å². The fourth-order valence-electron chi connectivity index (χ4n) is 3.14. The molecule has 0 bridgehead atoms. The Morgan fingerprint density at radius 1 is 1.22 bits per heavy atom. The number of aromatic nitrogens is 3. The molecule has 0 saturated carbocycles. The summed E-state index contributed by atoms with van der Waals surface area (Å²) in [6, 6.07) is 14.0.